The van der Waals surface area contributed by atoms with Gasteiger partial charge in [0.1, 0.15) is 17.2 Å². The first-order chi connectivity index (χ1) is 7.79. The van der Waals surface area contributed by atoms with E-state index < -0.39 is 0 Å². The van der Waals surface area contributed by atoms with E-state index in [1.165, 1.54) is 0 Å². The van der Waals surface area contributed by atoms with Crippen LogP contribution in [0, 0.1) is 6.07 Å². The molecule has 2 nitrogen and oxygen atoms in total. The van der Waals surface area contributed by atoms with Crippen molar-refractivity contribution in [1.29, 1.82) is 0 Å². The highest BCUT2D eigenvalue weighted by atomic mass is 35.5. The summed E-state index contributed by atoms with van der Waals surface area (Å²) in [5.41, 5.74) is 0. The summed E-state index contributed by atoms with van der Waals surface area (Å²) < 4.78 is 10.7. The Labute approximate surface area is 99.4 Å². The summed E-state index contributed by atoms with van der Waals surface area (Å²) in [7, 11) is 1.62. The van der Waals surface area contributed by atoms with Gasteiger partial charge in [-0.2, -0.15) is 0 Å². The Morgan fingerprint density at radius 2 is 1.75 bits per heavy atom. The van der Waals surface area contributed by atoms with Crippen LogP contribution < -0.4 is 9.47 Å². The first kappa shape index (κ1) is 10.8. The van der Waals surface area contributed by atoms with E-state index in [0.717, 1.165) is 5.75 Å². The summed E-state index contributed by atoms with van der Waals surface area (Å²) in [5.74, 6) is 2.12. The van der Waals surface area contributed by atoms with E-state index in [1.807, 2.05) is 24.3 Å². The van der Waals surface area contributed by atoms with Gasteiger partial charge in [0.2, 0.25) is 0 Å². The van der Waals surface area contributed by atoms with Crippen LogP contribution in [0.2, 0.25) is 5.02 Å². The van der Waals surface area contributed by atoms with Crippen LogP contribution in [-0.2, 0) is 0 Å². The third-order valence-electron chi connectivity index (χ3n) is 2.06. The molecule has 81 valence electrons. The Balaban J connectivity index is 2.18. The van der Waals surface area contributed by atoms with Gasteiger partial charge in [-0.15, -0.1) is 0 Å². The monoisotopic (exact) mass is 233 g/mol. The first-order valence-electron chi connectivity index (χ1n) is 4.77. The van der Waals surface area contributed by atoms with E-state index >= 15 is 0 Å². The van der Waals surface area contributed by atoms with Crippen LogP contribution >= 0.6 is 11.6 Å². The van der Waals surface area contributed by atoms with Crippen molar-refractivity contribution < 1.29 is 9.47 Å². The molecule has 1 radical (unpaired) electrons. The molecular formula is C13H10ClO2. The van der Waals surface area contributed by atoms with Crippen molar-refractivity contribution in [2.24, 2.45) is 0 Å². The van der Waals surface area contributed by atoms with Crippen LogP contribution in [-0.4, -0.2) is 7.11 Å². The number of rotatable bonds is 3. The van der Waals surface area contributed by atoms with Gasteiger partial charge in [-0.05, 0) is 42.5 Å². The summed E-state index contributed by atoms with van der Waals surface area (Å²) in [6.07, 6.45) is 0. The lowest BCUT2D eigenvalue weighted by atomic mass is 10.3. The number of methoxy groups -OCH3 is 1. The van der Waals surface area contributed by atoms with Crippen molar-refractivity contribution >= 4 is 11.6 Å². The van der Waals surface area contributed by atoms with E-state index in [2.05, 4.69) is 6.07 Å². The molecule has 0 aliphatic carbocycles. The van der Waals surface area contributed by atoms with Gasteiger partial charge in [0.25, 0.3) is 0 Å². The van der Waals surface area contributed by atoms with Gasteiger partial charge in [0.15, 0.2) is 0 Å². The minimum atomic E-state index is 0.540. The second-order valence-electron chi connectivity index (χ2n) is 3.13. The molecule has 0 spiro atoms. The molecule has 0 bridgehead atoms. The minimum Gasteiger partial charge on any atom is -0.497 e. The maximum Gasteiger partial charge on any atom is 0.146 e. The van der Waals surface area contributed by atoms with Crippen molar-refractivity contribution in [3.05, 3.63) is 53.6 Å². The van der Waals surface area contributed by atoms with E-state index in [9.17, 15) is 0 Å². The molecule has 2 aromatic rings. The Bertz CT molecular complexity index is 466. The zero-order chi connectivity index (χ0) is 11.4. The highest BCUT2D eigenvalue weighted by Crippen LogP contribution is 2.29. The van der Waals surface area contributed by atoms with Gasteiger partial charge < -0.3 is 9.47 Å². The molecule has 0 amide bonds. The average molecular weight is 234 g/mol. The topological polar surface area (TPSA) is 18.5 Å². The highest BCUT2D eigenvalue weighted by Gasteiger charge is 2.01. The molecule has 0 aliphatic rings. The third kappa shape index (κ3) is 2.47. The Morgan fingerprint density at radius 3 is 2.38 bits per heavy atom. The minimum absolute atomic E-state index is 0.540. The number of halogens is 1. The highest BCUT2D eigenvalue weighted by molar-refractivity contribution is 6.32. The fourth-order valence-corrected chi connectivity index (χ4v) is 1.41. The zero-order valence-electron chi connectivity index (χ0n) is 8.74. The Hall–Kier alpha value is -1.67. The van der Waals surface area contributed by atoms with Crippen molar-refractivity contribution in [3.63, 3.8) is 0 Å². The Kier molecular flexibility index (Phi) is 3.32. The van der Waals surface area contributed by atoms with E-state index in [0.29, 0.717) is 16.5 Å². The molecule has 0 saturated heterocycles. The van der Waals surface area contributed by atoms with E-state index in [-0.39, 0.29) is 0 Å². The number of ether oxygens (including phenoxy) is 2. The first-order valence-corrected chi connectivity index (χ1v) is 5.15. The van der Waals surface area contributed by atoms with Crippen LogP contribution in [0.3, 0.4) is 0 Å². The molecule has 2 aromatic carbocycles. The fraction of sp³-hybridized carbons (Fsp3) is 0.0769. The second-order valence-corrected chi connectivity index (χ2v) is 3.54. The summed E-state index contributed by atoms with van der Waals surface area (Å²) in [5, 5.41) is 0.540. The molecule has 0 atom stereocenters. The summed E-state index contributed by atoms with van der Waals surface area (Å²) in [4.78, 5) is 0. The van der Waals surface area contributed by atoms with Crippen LogP contribution in [0.4, 0.5) is 0 Å². The lowest BCUT2D eigenvalue weighted by molar-refractivity contribution is 0.413. The van der Waals surface area contributed by atoms with Gasteiger partial charge in [0.05, 0.1) is 12.1 Å². The third-order valence-corrected chi connectivity index (χ3v) is 2.36. The van der Waals surface area contributed by atoms with Gasteiger partial charge in [0, 0.05) is 0 Å². The molecule has 0 fully saturated rings. The summed E-state index contributed by atoms with van der Waals surface area (Å²) >= 11 is 5.95. The molecule has 2 rings (SSSR count). The Morgan fingerprint density at radius 1 is 1.06 bits per heavy atom. The average Bonchev–Trinajstić information content (AvgIpc) is 2.33. The largest absolute Gasteiger partial charge is 0.497 e. The molecule has 3 heteroatoms. The molecule has 16 heavy (non-hydrogen) atoms. The molecule has 0 N–H and O–H groups in total. The second kappa shape index (κ2) is 4.90. The number of hydrogen-bond donors (Lipinski definition) is 0. The van der Waals surface area contributed by atoms with Gasteiger partial charge in [-0.3, -0.25) is 0 Å². The quantitative estimate of drug-likeness (QED) is 0.800. The van der Waals surface area contributed by atoms with Gasteiger partial charge in [-0.25, -0.2) is 0 Å². The van der Waals surface area contributed by atoms with Crippen molar-refractivity contribution in [2.45, 2.75) is 0 Å². The van der Waals surface area contributed by atoms with Crippen molar-refractivity contribution in [2.75, 3.05) is 7.11 Å². The zero-order valence-corrected chi connectivity index (χ0v) is 9.49. The molecule has 0 aromatic heterocycles. The molecule has 0 heterocycles. The smallest absolute Gasteiger partial charge is 0.146 e. The van der Waals surface area contributed by atoms with Crippen molar-refractivity contribution in [3.8, 4) is 17.2 Å². The van der Waals surface area contributed by atoms with Gasteiger partial charge in [-0.1, -0.05) is 17.7 Å². The predicted octanol–water partition coefficient (Wildman–Crippen LogP) is 3.94. The maximum absolute atomic E-state index is 5.95. The van der Waals surface area contributed by atoms with E-state index in [4.69, 9.17) is 21.1 Å². The fourth-order valence-electron chi connectivity index (χ4n) is 1.25. The van der Waals surface area contributed by atoms with Crippen LogP contribution in [0.5, 0.6) is 17.2 Å². The predicted molar refractivity (Wildman–Crippen MR) is 63.4 cm³/mol. The summed E-state index contributed by atoms with van der Waals surface area (Å²) in [6.45, 7) is 0. The molecular weight excluding hydrogens is 224 g/mol. The van der Waals surface area contributed by atoms with Crippen LogP contribution in [0.1, 0.15) is 0 Å². The number of hydrogen-bond acceptors (Lipinski definition) is 2. The lowest BCUT2D eigenvalue weighted by Gasteiger charge is -2.07. The number of benzene rings is 2. The molecule has 0 unspecified atom stereocenters. The standard InChI is InChI=1S/C13H10ClO2/c1-15-10-6-8-11(9-7-10)16-13-5-3-2-4-12(13)14/h3-9H,1H3. The SMILES string of the molecule is COc1ccc(Oc2cc[c]cc2Cl)cc1. The molecule has 0 aliphatic heterocycles. The molecule has 0 saturated carbocycles. The summed E-state index contributed by atoms with van der Waals surface area (Å²) in [6, 6.07) is 15.4. The van der Waals surface area contributed by atoms with Gasteiger partial charge >= 0.3 is 0 Å². The van der Waals surface area contributed by atoms with Crippen LogP contribution in [0.25, 0.3) is 0 Å². The van der Waals surface area contributed by atoms with Crippen LogP contribution in [0.15, 0.2) is 42.5 Å². The lowest BCUT2D eigenvalue weighted by Crippen LogP contribution is -1.86. The van der Waals surface area contributed by atoms with E-state index in [1.54, 1.807) is 25.3 Å². The van der Waals surface area contributed by atoms with Crippen molar-refractivity contribution in [1.82, 2.24) is 0 Å². The maximum atomic E-state index is 5.95. The normalized spacial score (nSPS) is 9.88.